The maximum Gasteiger partial charge on any atom is 0.135 e. The van der Waals surface area contributed by atoms with Crippen LogP contribution >= 0.6 is 0 Å². The Morgan fingerprint density at radius 2 is 1.75 bits per heavy atom. The van der Waals surface area contributed by atoms with Crippen LogP contribution in [0.1, 0.15) is 28.3 Å². The quantitative estimate of drug-likeness (QED) is 0.790. The van der Waals surface area contributed by atoms with Crippen LogP contribution in [0.4, 0.5) is 11.5 Å². The Kier molecular flexibility index (Phi) is 3.79. The largest absolute Gasteiger partial charge is 0.326 e. The highest BCUT2D eigenvalue weighted by atomic mass is 15.2. The van der Waals surface area contributed by atoms with E-state index in [0.29, 0.717) is 0 Å². The Hall–Kier alpha value is -2.65. The molecule has 4 rings (SSSR count). The maximum atomic E-state index is 6.41. The Labute approximate surface area is 142 Å². The molecule has 0 saturated heterocycles. The summed E-state index contributed by atoms with van der Waals surface area (Å²) in [6, 6.07) is 20.8. The number of anilines is 2. The zero-order valence-electron chi connectivity index (χ0n) is 13.8. The first-order valence-electron chi connectivity index (χ1n) is 8.36. The molecule has 0 radical (unpaired) electrons. The summed E-state index contributed by atoms with van der Waals surface area (Å²) in [6.07, 6.45) is 2.99. The number of aromatic nitrogens is 1. The van der Waals surface area contributed by atoms with Gasteiger partial charge in [-0.3, -0.25) is 0 Å². The highest BCUT2D eigenvalue weighted by Gasteiger charge is 2.22. The molecule has 0 fully saturated rings. The van der Waals surface area contributed by atoms with Gasteiger partial charge >= 0.3 is 0 Å². The fourth-order valence-electron chi connectivity index (χ4n) is 3.45. The number of nitrogens with zero attached hydrogens (tertiary/aromatic N) is 2. The third kappa shape index (κ3) is 2.57. The van der Waals surface area contributed by atoms with E-state index in [1.165, 1.54) is 11.3 Å². The van der Waals surface area contributed by atoms with Crippen molar-refractivity contribution in [3.05, 3.63) is 89.1 Å². The van der Waals surface area contributed by atoms with Gasteiger partial charge < -0.3 is 10.6 Å². The second-order valence-electron chi connectivity index (χ2n) is 6.33. The van der Waals surface area contributed by atoms with Gasteiger partial charge in [-0.15, -0.1) is 0 Å². The van der Waals surface area contributed by atoms with Crippen molar-refractivity contribution in [3.8, 4) is 0 Å². The summed E-state index contributed by atoms with van der Waals surface area (Å²) in [4.78, 5) is 7.06. The number of pyridine rings is 1. The third-order valence-corrected chi connectivity index (χ3v) is 4.73. The second kappa shape index (κ2) is 6.10. The second-order valence-corrected chi connectivity index (χ2v) is 6.33. The lowest BCUT2D eigenvalue weighted by atomic mass is 10.00. The van der Waals surface area contributed by atoms with Crippen molar-refractivity contribution in [1.29, 1.82) is 0 Å². The molecule has 3 nitrogen and oxygen atoms in total. The van der Waals surface area contributed by atoms with Crippen LogP contribution in [0, 0.1) is 6.92 Å². The molecule has 24 heavy (non-hydrogen) atoms. The molecule has 0 spiro atoms. The van der Waals surface area contributed by atoms with Gasteiger partial charge in [-0.1, -0.05) is 48.5 Å². The Morgan fingerprint density at radius 3 is 2.54 bits per heavy atom. The minimum atomic E-state index is -0.141. The number of rotatable bonds is 3. The van der Waals surface area contributed by atoms with Gasteiger partial charge in [-0.05, 0) is 47.7 Å². The van der Waals surface area contributed by atoms with Crippen LogP contribution < -0.4 is 10.6 Å². The lowest BCUT2D eigenvalue weighted by Crippen LogP contribution is -2.18. The summed E-state index contributed by atoms with van der Waals surface area (Å²) >= 11 is 0. The fraction of sp³-hybridized carbons (Fsp3) is 0.190. The van der Waals surface area contributed by atoms with Crippen LogP contribution in [-0.4, -0.2) is 11.5 Å². The van der Waals surface area contributed by atoms with Gasteiger partial charge in [-0.2, -0.15) is 0 Å². The predicted octanol–water partition coefficient (Wildman–Crippen LogP) is 4.13. The molecule has 0 saturated carbocycles. The lowest BCUT2D eigenvalue weighted by Gasteiger charge is -2.22. The number of aryl methyl sites for hydroxylation is 1. The Balaban J connectivity index is 1.66. The van der Waals surface area contributed by atoms with Gasteiger partial charge in [0.05, 0.1) is 6.04 Å². The van der Waals surface area contributed by atoms with E-state index in [0.717, 1.165) is 35.5 Å². The molecule has 1 aliphatic heterocycles. The number of nitrogens with two attached hydrogens (primary N) is 1. The average molecular weight is 315 g/mol. The molecule has 1 atom stereocenters. The number of hydrogen-bond acceptors (Lipinski definition) is 3. The van der Waals surface area contributed by atoms with Crippen molar-refractivity contribution in [1.82, 2.24) is 4.98 Å². The Morgan fingerprint density at radius 1 is 1.00 bits per heavy atom. The molecule has 3 aromatic rings. The topological polar surface area (TPSA) is 42.1 Å². The van der Waals surface area contributed by atoms with E-state index >= 15 is 0 Å². The molecule has 0 bridgehead atoms. The van der Waals surface area contributed by atoms with Gasteiger partial charge in [0.15, 0.2) is 0 Å². The van der Waals surface area contributed by atoms with Crippen LogP contribution in [0.3, 0.4) is 0 Å². The smallest absolute Gasteiger partial charge is 0.135 e. The molecule has 0 unspecified atom stereocenters. The summed E-state index contributed by atoms with van der Waals surface area (Å²) in [6.45, 7) is 3.10. The van der Waals surface area contributed by atoms with Crippen LogP contribution in [0.25, 0.3) is 0 Å². The van der Waals surface area contributed by atoms with Crippen LogP contribution in [0.5, 0.6) is 0 Å². The van der Waals surface area contributed by atoms with Gasteiger partial charge in [-0.25, -0.2) is 4.98 Å². The molecular weight excluding hydrogens is 294 g/mol. The van der Waals surface area contributed by atoms with Gasteiger partial charge in [0.2, 0.25) is 0 Å². The number of para-hydroxylation sites is 1. The van der Waals surface area contributed by atoms with Crippen LogP contribution in [0.15, 0.2) is 66.9 Å². The Bertz CT molecular complexity index is 858. The van der Waals surface area contributed by atoms with Gasteiger partial charge in [0.1, 0.15) is 5.82 Å². The minimum absolute atomic E-state index is 0.141. The van der Waals surface area contributed by atoms with Crippen molar-refractivity contribution in [3.63, 3.8) is 0 Å². The molecule has 0 amide bonds. The zero-order valence-corrected chi connectivity index (χ0v) is 13.8. The average Bonchev–Trinajstić information content (AvgIpc) is 3.06. The molecule has 0 aliphatic carbocycles. The van der Waals surface area contributed by atoms with Crippen molar-refractivity contribution in [2.24, 2.45) is 5.73 Å². The molecule has 120 valence electrons. The van der Waals surface area contributed by atoms with Crippen molar-refractivity contribution in [2.45, 2.75) is 19.4 Å². The summed E-state index contributed by atoms with van der Waals surface area (Å²) in [7, 11) is 0. The number of benzene rings is 2. The SMILES string of the molecule is Cc1cc([C@@H](N)c2ccccc2)cnc1N1CCc2ccccc21. The lowest BCUT2D eigenvalue weighted by molar-refractivity contribution is 0.856. The summed E-state index contributed by atoms with van der Waals surface area (Å²) in [5, 5.41) is 0. The molecule has 3 heteroatoms. The van der Waals surface area contributed by atoms with Crippen LogP contribution in [0.2, 0.25) is 0 Å². The van der Waals surface area contributed by atoms with Gasteiger partial charge in [0.25, 0.3) is 0 Å². The van der Waals surface area contributed by atoms with E-state index in [1.807, 2.05) is 24.4 Å². The van der Waals surface area contributed by atoms with Crippen molar-refractivity contribution >= 4 is 11.5 Å². The van der Waals surface area contributed by atoms with Crippen molar-refractivity contribution in [2.75, 3.05) is 11.4 Å². The predicted molar refractivity (Wildman–Crippen MR) is 98.6 cm³/mol. The monoisotopic (exact) mass is 315 g/mol. The first-order chi connectivity index (χ1) is 11.7. The first-order valence-corrected chi connectivity index (χ1v) is 8.36. The number of hydrogen-bond donors (Lipinski definition) is 1. The van der Waals surface area contributed by atoms with Crippen molar-refractivity contribution < 1.29 is 0 Å². The molecular formula is C21H21N3. The molecule has 2 N–H and O–H groups in total. The fourth-order valence-corrected chi connectivity index (χ4v) is 3.45. The van der Waals surface area contributed by atoms with E-state index in [1.54, 1.807) is 0 Å². The third-order valence-electron chi connectivity index (χ3n) is 4.73. The highest BCUT2D eigenvalue weighted by Crippen LogP contribution is 2.35. The van der Waals surface area contributed by atoms with E-state index in [2.05, 4.69) is 54.3 Å². The van der Waals surface area contributed by atoms with E-state index in [9.17, 15) is 0 Å². The number of fused-ring (bicyclic) bond motifs is 1. The molecule has 1 aliphatic rings. The molecule has 2 aromatic carbocycles. The highest BCUT2D eigenvalue weighted by molar-refractivity contribution is 5.69. The molecule has 1 aromatic heterocycles. The summed E-state index contributed by atoms with van der Waals surface area (Å²) in [5.41, 5.74) is 12.4. The normalized spacial score (nSPS) is 14.5. The standard InChI is InChI=1S/C21H21N3/c1-15-13-18(20(22)17-8-3-2-4-9-17)14-23-21(15)24-12-11-16-7-5-6-10-19(16)24/h2-10,13-14,20H,11-12,22H2,1H3/t20-/m0/s1. The summed E-state index contributed by atoms with van der Waals surface area (Å²) in [5.74, 6) is 1.03. The minimum Gasteiger partial charge on any atom is -0.326 e. The van der Waals surface area contributed by atoms with Crippen LogP contribution in [-0.2, 0) is 6.42 Å². The first kappa shape index (κ1) is 14.9. The zero-order chi connectivity index (χ0) is 16.5. The van der Waals surface area contributed by atoms with E-state index in [-0.39, 0.29) is 6.04 Å². The molecule has 2 heterocycles. The van der Waals surface area contributed by atoms with E-state index in [4.69, 9.17) is 10.7 Å². The van der Waals surface area contributed by atoms with Gasteiger partial charge in [0, 0.05) is 18.4 Å². The summed E-state index contributed by atoms with van der Waals surface area (Å²) < 4.78 is 0. The maximum absolute atomic E-state index is 6.41. The van der Waals surface area contributed by atoms with E-state index < -0.39 is 0 Å².